The Morgan fingerprint density at radius 3 is 1.92 bits per heavy atom. The van der Waals surface area contributed by atoms with Crippen LogP contribution < -0.4 is 0 Å². The van der Waals surface area contributed by atoms with Gasteiger partial charge in [-0.05, 0) is 55.7 Å². The highest BCUT2D eigenvalue weighted by Gasteiger charge is 2.18. The molecule has 0 nitrogen and oxygen atoms in total. The van der Waals surface area contributed by atoms with Gasteiger partial charge in [-0.15, -0.1) is 6.58 Å². The maximum absolute atomic E-state index is 3.79. The second-order valence-corrected chi connectivity index (χ2v) is 7.01. The van der Waals surface area contributed by atoms with E-state index in [0.717, 1.165) is 12.8 Å². The zero-order valence-corrected chi connectivity index (χ0v) is 14.7. The monoisotopic (exact) mass is 316 g/mol. The van der Waals surface area contributed by atoms with E-state index in [-0.39, 0.29) is 0 Å². The standard InChI is InChI=1S/C24H28/c1-3-4-5-6-20-9-13-22(14-10-20)24-17-15-23(16-18-24)21-11-7-19(2)8-12-21/h3,7-15,17,23-24H,1,4-6,16,18H2,2H3. The molecule has 1 aliphatic carbocycles. The van der Waals surface area contributed by atoms with Crippen molar-refractivity contribution < 1.29 is 0 Å². The van der Waals surface area contributed by atoms with Crippen molar-refractivity contribution in [3.05, 3.63) is 95.6 Å². The Morgan fingerprint density at radius 1 is 0.875 bits per heavy atom. The van der Waals surface area contributed by atoms with Gasteiger partial charge in [0.05, 0.1) is 0 Å². The van der Waals surface area contributed by atoms with Gasteiger partial charge in [-0.25, -0.2) is 0 Å². The predicted octanol–water partition coefficient (Wildman–Crippen LogP) is 6.72. The van der Waals surface area contributed by atoms with E-state index in [9.17, 15) is 0 Å². The average Bonchev–Trinajstić information content (AvgIpc) is 2.63. The first-order valence-corrected chi connectivity index (χ1v) is 9.21. The number of allylic oxidation sites excluding steroid dienone is 3. The zero-order chi connectivity index (χ0) is 16.8. The Bertz CT molecular complexity index is 673. The van der Waals surface area contributed by atoms with Gasteiger partial charge in [-0.1, -0.05) is 72.3 Å². The molecule has 0 heterocycles. The minimum absolute atomic E-state index is 0.578. The van der Waals surface area contributed by atoms with Gasteiger partial charge in [-0.3, -0.25) is 0 Å². The summed E-state index contributed by atoms with van der Waals surface area (Å²) >= 11 is 0. The normalized spacial score (nSPS) is 20.0. The van der Waals surface area contributed by atoms with Crippen LogP contribution in [-0.2, 0) is 6.42 Å². The molecule has 2 aromatic rings. The third kappa shape index (κ3) is 4.26. The van der Waals surface area contributed by atoms with E-state index in [4.69, 9.17) is 0 Å². The van der Waals surface area contributed by atoms with Gasteiger partial charge in [0.25, 0.3) is 0 Å². The highest BCUT2D eigenvalue weighted by Crippen LogP contribution is 2.35. The molecule has 24 heavy (non-hydrogen) atoms. The van der Waals surface area contributed by atoms with Gasteiger partial charge in [0, 0.05) is 11.8 Å². The molecule has 3 rings (SSSR count). The maximum atomic E-state index is 3.79. The van der Waals surface area contributed by atoms with Crippen LogP contribution in [0.25, 0.3) is 0 Å². The molecule has 0 amide bonds. The Labute approximate surface area is 146 Å². The van der Waals surface area contributed by atoms with Crippen LogP contribution >= 0.6 is 0 Å². The number of unbranched alkanes of at least 4 members (excludes halogenated alkanes) is 1. The fourth-order valence-corrected chi connectivity index (χ4v) is 3.57. The van der Waals surface area contributed by atoms with Crippen LogP contribution in [0.3, 0.4) is 0 Å². The van der Waals surface area contributed by atoms with Crippen LogP contribution in [0.1, 0.15) is 59.8 Å². The number of hydrogen-bond donors (Lipinski definition) is 0. The minimum atomic E-state index is 0.578. The lowest BCUT2D eigenvalue weighted by Gasteiger charge is -2.24. The minimum Gasteiger partial charge on any atom is -0.103 e. The van der Waals surface area contributed by atoms with Crippen molar-refractivity contribution >= 4 is 0 Å². The summed E-state index contributed by atoms with van der Waals surface area (Å²) < 4.78 is 0. The molecule has 0 saturated carbocycles. The average molecular weight is 316 g/mol. The number of hydrogen-bond acceptors (Lipinski definition) is 0. The van der Waals surface area contributed by atoms with Crippen molar-refractivity contribution in [3.8, 4) is 0 Å². The SMILES string of the molecule is C=CCCCc1ccc(C2C=CC(c3ccc(C)cc3)CC2)cc1. The largest absolute Gasteiger partial charge is 0.103 e. The van der Waals surface area contributed by atoms with Crippen LogP contribution in [-0.4, -0.2) is 0 Å². The molecule has 0 aromatic heterocycles. The quantitative estimate of drug-likeness (QED) is 0.410. The molecule has 0 spiro atoms. The Balaban J connectivity index is 1.61. The van der Waals surface area contributed by atoms with Crippen LogP contribution in [0.5, 0.6) is 0 Å². The summed E-state index contributed by atoms with van der Waals surface area (Å²) in [6.07, 6.45) is 12.8. The predicted molar refractivity (Wildman–Crippen MR) is 105 cm³/mol. The topological polar surface area (TPSA) is 0 Å². The highest BCUT2D eigenvalue weighted by molar-refractivity contribution is 5.33. The third-order valence-corrected chi connectivity index (χ3v) is 5.15. The number of rotatable bonds is 6. The van der Waals surface area contributed by atoms with E-state index < -0.39 is 0 Å². The van der Waals surface area contributed by atoms with Crippen molar-refractivity contribution in [3.63, 3.8) is 0 Å². The molecule has 2 atom stereocenters. The summed E-state index contributed by atoms with van der Waals surface area (Å²) in [6, 6.07) is 18.3. The smallest absolute Gasteiger partial charge is 0.00185 e. The fraction of sp³-hybridized carbons (Fsp3) is 0.333. The molecule has 2 aromatic carbocycles. The van der Waals surface area contributed by atoms with Gasteiger partial charge in [0.15, 0.2) is 0 Å². The molecular formula is C24H28. The molecule has 0 saturated heterocycles. The van der Waals surface area contributed by atoms with Crippen molar-refractivity contribution in [2.24, 2.45) is 0 Å². The van der Waals surface area contributed by atoms with Crippen molar-refractivity contribution in [1.29, 1.82) is 0 Å². The first-order chi connectivity index (χ1) is 11.8. The Kier molecular flexibility index (Phi) is 5.69. The van der Waals surface area contributed by atoms with Gasteiger partial charge in [0.1, 0.15) is 0 Å². The highest BCUT2D eigenvalue weighted by atomic mass is 14.2. The molecule has 0 radical (unpaired) electrons. The lowest BCUT2D eigenvalue weighted by atomic mass is 9.81. The summed E-state index contributed by atoms with van der Waals surface area (Å²) in [7, 11) is 0. The molecule has 0 heteroatoms. The first kappa shape index (κ1) is 16.8. The van der Waals surface area contributed by atoms with E-state index in [0.29, 0.717) is 11.8 Å². The summed E-state index contributed by atoms with van der Waals surface area (Å²) in [5.41, 5.74) is 5.69. The molecule has 0 aliphatic heterocycles. The second-order valence-electron chi connectivity index (χ2n) is 7.01. The molecule has 1 aliphatic rings. The Hall–Kier alpha value is -2.08. The lowest BCUT2D eigenvalue weighted by Crippen LogP contribution is -2.06. The third-order valence-electron chi connectivity index (χ3n) is 5.15. The van der Waals surface area contributed by atoms with Crippen molar-refractivity contribution in [1.82, 2.24) is 0 Å². The van der Waals surface area contributed by atoms with Gasteiger partial charge in [-0.2, -0.15) is 0 Å². The van der Waals surface area contributed by atoms with Crippen LogP contribution in [0.15, 0.2) is 73.3 Å². The van der Waals surface area contributed by atoms with E-state index in [1.807, 2.05) is 6.08 Å². The van der Waals surface area contributed by atoms with Crippen molar-refractivity contribution in [2.45, 2.75) is 50.9 Å². The van der Waals surface area contributed by atoms with Crippen LogP contribution in [0, 0.1) is 6.92 Å². The van der Waals surface area contributed by atoms with E-state index in [2.05, 4.69) is 74.2 Å². The molecular weight excluding hydrogens is 288 g/mol. The van der Waals surface area contributed by atoms with Gasteiger partial charge in [0.2, 0.25) is 0 Å². The molecule has 0 N–H and O–H groups in total. The molecule has 0 bridgehead atoms. The van der Waals surface area contributed by atoms with E-state index >= 15 is 0 Å². The fourth-order valence-electron chi connectivity index (χ4n) is 3.57. The van der Waals surface area contributed by atoms with Crippen LogP contribution in [0.4, 0.5) is 0 Å². The molecule has 2 unspecified atom stereocenters. The second kappa shape index (κ2) is 8.15. The molecule has 0 fully saturated rings. The summed E-state index contributed by atoms with van der Waals surface area (Å²) in [6.45, 7) is 5.94. The van der Waals surface area contributed by atoms with Gasteiger partial charge < -0.3 is 0 Å². The maximum Gasteiger partial charge on any atom is 0.00185 e. The van der Waals surface area contributed by atoms with Crippen LogP contribution in [0.2, 0.25) is 0 Å². The zero-order valence-electron chi connectivity index (χ0n) is 14.7. The van der Waals surface area contributed by atoms with Crippen molar-refractivity contribution in [2.75, 3.05) is 0 Å². The summed E-state index contributed by atoms with van der Waals surface area (Å²) in [5.74, 6) is 1.16. The Morgan fingerprint density at radius 2 is 1.42 bits per heavy atom. The number of aryl methyl sites for hydroxylation is 2. The van der Waals surface area contributed by atoms with E-state index in [1.54, 1.807) is 0 Å². The summed E-state index contributed by atoms with van der Waals surface area (Å²) in [4.78, 5) is 0. The summed E-state index contributed by atoms with van der Waals surface area (Å²) in [5, 5.41) is 0. The first-order valence-electron chi connectivity index (χ1n) is 9.21. The number of benzene rings is 2. The van der Waals surface area contributed by atoms with Gasteiger partial charge >= 0.3 is 0 Å². The van der Waals surface area contributed by atoms with E-state index in [1.165, 1.54) is 41.5 Å². The lowest BCUT2D eigenvalue weighted by molar-refractivity contribution is 0.600. The molecule has 124 valence electrons.